The molecule has 3 heterocycles. The summed E-state index contributed by atoms with van der Waals surface area (Å²) in [6, 6.07) is 14.5. The number of likely N-dealkylation sites (tertiary alicyclic amines) is 1. The molecule has 0 aliphatic carbocycles. The zero-order valence-corrected chi connectivity index (χ0v) is 13.3. The Morgan fingerprint density at radius 2 is 1.78 bits per heavy atom. The van der Waals surface area contributed by atoms with E-state index in [1.165, 1.54) is 37.2 Å². The third kappa shape index (κ3) is 2.94. The molecule has 0 atom stereocenters. The van der Waals surface area contributed by atoms with Crippen LogP contribution in [-0.4, -0.2) is 27.4 Å². The molecule has 4 rings (SSSR count). The minimum Gasteiger partial charge on any atom is -0.398 e. The Hall–Kier alpha value is -2.33. The highest BCUT2D eigenvalue weighted by Crippen LogP contribution is 2.21. The quantitative estimate of drug-likeness (QED) is 0.805. The predicted octanol–water partition coefficient (Wildman–Crippen LogP) is 3.10. The maximum absolute atomic E-state index is 6.00. The second-order valence-electron chi connectivity index (χ2n) is 6.34. The van der Waals surface area contributed by atoms with Gasteiger partial charge >= 0.3 is 0 Å². The summed E-state index contributed by atoms with van der Waals surface area (Å²) in [6.07, 6.45) is 5.47. The Kier molecular flexibility index (Phi) is 3.75. The van der Waals surface area contributed by atoms with E-state index in [1.54, 1.807) is 0 Å². The fourth-order valence-corrected chi connectivity index (χ4v) is 3.41. The lowest BCUT2D eigenvalue weighted by molar-refractivity contribution is 0.325. The van der Waals surface area contributed by atoms with Crippen molar-refractivity contribution in [2.45, 2.75) is 25.8 Å². The first kappa shape index (κ1) is 14.3. The molecule has 0 spiro atoms. The molecule has 2 N–H and O–H groups in total. The van der Waals surface area contributed by atoms with Gasteiger partial charge in [0.15, 0.2) is 0 Å². The molecule has 0 radical (unpaired) electrons. The van der Waals surface area contributed by atoms with E-state index < -0.39 is 0 Å². The molecule has 0 amide bonds. The zero-order valence-electron chi connectivity index (χ0n) is 13.3. The molecule has 0 unspecified atom stereocenters. The highest BCUT2D eigenvalue weighted by molar-refractivity contribution is 5.51. The van der Waals surface area contributed by atoms with Gasteiger partial charge in [0.2, 0.25) is 0 Å². The van der Waals surface area contributed by atoms with Crippen LogP contribution in [0.1, 0.15) is 29.8 Å². The number of nitrogens with two attached hydrogens (primary N) is 1. The van der Waals surface area contributed by atoms with E-state index in [0.29, 0.717) is 0 Å². The van der Waals surface area contributed by atoms with Crippen molar-refractivity contribution in [1.82, 2.24) is 14.3 Å². The molecule has 1 fully saturated rings. The molecule has 1 aliphatic heterocycles. The van der Waals surface area contributed by atoms with E-state index in [1.807, 2.05) is 18.3 Å². The van der Waals surface area contributed by atoms with Gasteiger partial charge in [-0.25, -0.2) is 4.98 Å². The molecule has 3 aromatic rings. The molecule has 23 heavy (non-hydrogen) atoms. The topological polar surface area (TPSA) is 46.6 Å². The summed E-state index contributed by atoms with van der Waals surface area (Å²) in [6.45, 7) is 3.31. The van der Waals surface area contributed by atoms with Crippen LogP contribution >= 0.6 is 0 Å². The van der Waals surface area contributed by atoms with Gasteiger partial charge in [0.05, 0.1) is 11.4 Å². The van der Waals surface area contributed by atoms with Gasteiger partial charge in [0.1, 0.15) is 5.65 Å². The van der Waals surface area contributed by atoms with Crippen LogP contribution in [0.4, 0.5) is 5.69 Å². The summed E-state index contributed by atoms with van der Waals surface area (Å²) in [5.41, 5.74) is 11.5. The summed E-state index contributed by atoms with van der Waals surface area (Å²) >= 11 is 0. The van der Waals surface area contributed by atoms with Gasteiger partial charge in [-0.15, -0.1) is 0 Å². The lowest BCUT2D eigenvalue weighted by atomic mass is 10.1. The number of rotatable bonds is 4. The smallest absolute Gasteiger partial charge is 0.137 e. The summed E-state index contributed by atoms with van der Waals surface area (Å²) in [7, 11) is 0. The van der Waals surface area contributed by atoms with Gasteiger partial charge in [-0.3, -0.25) is 4.90 Å². The minimum atomic E-state index is 0.781. The standard InChI is InChI=1S/C19H22N4/c20-16-8-9-19-21-17(12-15-6-2-1-3-7-15)18(23(19)13-16)14-22-10-4-5-11-22/h1-3,6-9,13H,4-5,10-12,14,20H2. The fourth-order valence-electron chi connectivity index (χ4n) is 3.41. The summed E-state index contributed by atoms with van der Waals surface area (Å²) in [5.74, 6) is 0. The molecular weight excluding hydrogens is 284 g/mol. The van der Waals surface area contributed by atoms with Crippen LogP contribution in [0.2, 0.25) is 0 Å². The van der Waals surface area contributed by atoms with E-state index in [0.717, 1.165) is 30.0 Å². The average Bonchev–Trinajstić information content (AvgIpc) is 3.18. The number of anilines is 1. The zero-order chi connectivity index (χ0) is 15.6. The average molecular weight is 306 g/mol. The third-order valence-electron chi connectivity index (χ3n) is 4.61. The van der Waals surface area contributed by atoms with Gasteiger partial charge in [-0.1, -0.05) is 30.3 Å². The fraction of sp³-hybridized carbons (Fsp3) is 0.316. The maximum Gasteiger partial charge on any atom is 0.137 e. The number of nitrogen functional groups attached to an aromatic ring is 1. The Morgan fingerprint density at radius 1 is 1.00 bits per heavy atom. The molecule has 4 heteroatoms. The van der Waals surface area contributed by atoms with E-state index in [9.17, 15) is 0 Å². The normalized spacial score (nSPS) is 15.5. The predicted molar refractivity (Wildman–Crippen MR) is 93.4 cm³/mol. The molecule has 0 bridgehead atoms. The lowest BCUT2D eigenvalue weighted by Gasteiger charge is -2.15. The van der Waals surface area contributed by atoms with E-state index in [2.05, 4.69) is 39.6 Å². The van der Waals surface area contributed by atoms with Crippen molar-refractivity contribution in [3.05, 3.63) is 65.6 Å². The van der Waals surface area contributed by atoms with Crippen molar-refractivity contribution >= 4 is 11.3 Å². The number of benzene rings is 1. The lowest BCUT2D eigenvalue weighted by Crippen LogP contribution is -2.20. The maximum atomic E-state index is 6.00. The Balaban J connectivity index is 1.75. The second kappa shape index (κ2) is 6.05. The van der Waals surface area contributed by atoms with E-state index in [4.69, 9.17) is 10.7 Å². The Labute approximate surface area is 136 Å². The van der Waals surface area contributed by atoms with Crippen molar-refractivity contribution in [2.24, 2.45) is 0 Å². The Bertz CT molecular complexity index is 801. The van der Waals surface area contributed by atoms with Crippen LogP contribution in [-0.2, 0) is 13.0 Å². The number of fused-ring (bicyclic) bond motifs is 1. The number of nitrogens with zero attached hydrogens (tertiary/aromatic N) is 3. The summed E-state index contributed by atoms with van der Waals surface area (Å²) in [4.78, 5) is 7.39. The molecule has 2 aromatic heterocycles. The van der Waals surface area contributed by atoms with Crippen molar-refractivity contribution in [3.8, 4) is 0 Å². The van der Waals surface area contributed by atoms with Gasteiger partial charge in [0, 0.05) is 24.8 Å². The molecule has 1 saturated heterocycles. The molecule has 118 valence electrons. The van der Waals surface area contributed by atoms with E-state index >= 15 is 0 Å². The minimum absolute atomic E-state index is 0.781. The largest absolute Gasteiger partial charge is 0.398 e. The van der Waals surface area contributed by atoms with Crippen molar-refractivity contribution in [2.75, 3.05) is 18.8 Å². The summed E-state index contributed by atoms with van der Waals surface area (Å²) in [5, 5.41) is 0. The SMILES string of the molecule is Nc1ccc2nc(Cc3ccccc3)c(CN3CCCC3)n2c1. The molecule has 0 saturated carbocycles. The first-order chi connectivity index (χ1) is 11.3. The highest BCUT2D eigenvalue weighted by Gasteiger charge is 2.18. The van der Waals surface area contributed by atoms with Gasteiger partial charge in [-0.2, -0.15) is 0 Å². The van der Waals surface area contributed by atoms with Crippen LogP contribution in [0.5, 0.6) is 0 Å². The van der Waals surface area contributed by atoms with E-state index in [-0.39, 0.29) is 0 Å². The van der Waals surface area contributed by atoms with Crippen molar-refractivity contribution in [3.63, 3.8) is 0 Å². The summed E-state index contributed by atoms with van der Waals surface area (Å²) < 4.78 is 2.17. The molecule has 1 aliphatic rings. The van der Waals surface area contributed by atoms with Crippen molar-refractivity contribution < 1.29 is 0 Å². The van der Waals surface area contributed by atoms with Gasteiger partial charge in [0.25, 0.3) is 0 Å². The Morgan fingerprint density at radius 3 is 2.57 bits per heavy atom. The molecule has 4 nitrogen and oxygen atoms in total. The van der Waals surface area contributed by atoms with Crippen molar-refractivity contribution in [1.29, 1.82) is 0 Å². The molecular formula is C19H22N4. The highest BCUT2D eigenvalue weighted by atomic mass is 15.2. The van der Waals surface area contributed by atoms with Gasteiger partial charge in [-0.05, 0) is 43.6 Å². The number of aromatic nitrogens is 2. The number of hydrogen-bond donors (Lipinski definition) is 1. The first-order valence-corrected chi connectivity index (χ1v) is 8.31. The van der Waals surface area contributed by atoms with Crippen LogP contribution < -0.4 is 5.73 Å². The third-order valence-corrected chi connectivity index (χ3v) is 4.61. The number of hydrogen-bond acceptors (Lipinski definition) is 3. The van der Waals surface area contributed by atoms with Crippen LogP contribution in [0, 0.1) is 0 Å². The van der Waals surface area contributed by atoms with Crippen LogP contribution in [0.15, 0.2) is 48.7 Å². The first-order valence-electron chi connectivity index (χ1n) is 8.31. The second-order valence-corrected chi connectivity index (χ2v) is 6.34. The monoisotopic (exact) mass is 306 g/mol. The number of imidazole rings is 1. The number of pyridine rings is 1. The van der Waals surface area contributed by atoms with Gasteiger partial charge < -0.3 is 10.1 Å². The van der Waals surface area contributed by atoms with Crippen LogP contribution in [0.3, 0.4) is 0 Å². The van der Waals surface area contributed by atoms with Crippen LogP contribution in [0.25, 0.3) is 5.65 Å². The molecule has 1 aromatic carbocycles.